The van der Waals surface area contributed by atoms with Crippen LogP contribution in [0, 0.1) is 5.92 Å². The minimum absolute atomic E-state index is 0.0191. The molecule has 0 amide bonds. The number of aliphatic hydroxyl groups excluding tert-OH is 1. The first-order valence-electron chi connectivity index (χ1n) is 5.73. The highest BCUT2D eigenvalue weighted by Crippen LogP contribution is 2.26. The van der Waals surface area contributed by atoms with E-state index in [0.717, 1.165) is 0 Å². The molecule has 1 heterocycles. The Kier molecular flexibility index (Phi) is 5.39. The van der Waals surface area contributed by atoms with Gasteiger partial charge in [0.15, 0.2) is 4.67 Å². The Morgan fingerprint density at radius 3 is 2.50 bits per heavy atom. The number of hydrogen-bond donors (Lipinski definition) is 2. The number of furan rings is 1. The Hall–Kier alpha value is -0.370. The average molecular weight is 340 g/mol. The minimum atomic E-state index is -3.64. The van der Waals surface area contributed by atoms with E-state index in [1.54, 1.807) is 0 Å². The largest absolute Gasteiger partial charge is 0.450 e. The Morgan fingerprint density at radius 1 is 1.50 bits per heavy atom. The predicted octanol–water partition coefficient (Wildman–Crippen LogP) is 2.25. The minimum Gasteiger partial charge on any atom is -0.450 e. The lowest BCUT2D eigenvalue weighted by molar-refractivity contribution is 0.245. The van der Waals surface area contributed by atoms with Gasteiger partial charge in [-0.2, -0.15) is 0 Å². The maximum Gasteiger partial charge on any atom is 0.245 e. The van der Waals surface area contributed by atoms with Crippen LogP contribution in [0.25, 0.3) is 0 Å². The van der Waals surface area contributed by atoms with Crippen molar-refractivity contribution in [2.75, 3.05) is 0 Å². The molecule has 0 fully saturated rings. The molecule has 0 spiro atoms. The molecule has 1 aromatic rings. The fraction of sp³-hybridized carbons (Fsp3) is 0.636. The van der Waals surface area contributed by atoms with Gasteiger partial charge in [0.1, 0.15) is 17.3 Å². The SMILES string of the molecule is CCC(NS(=O)(=O)c1cc(CO)oc1Br)C(C)C. The van der Waals surface area contributed by atoms with Crippen molar-refractivity contribution in [1.29, 1.82) is 0 Å². The number of nitrogens with one attached hydrogen (secondary N) is 1. The Labute approximate surface area is 116 Å². The van der Waals surface area contributed by atoms with Crippen molar-refractivity contribution in [3.8, 4) is 0 Å². The molecule has 18 heavy (non-hydrogen) atoms. The van der Waals surface area contributed by atoms with Gasteiger partial charge in [-0.15, -0.1) is 0 Å². The molecule has 0 bridgehead atoms. The highest BCUT2D eigenvalue weighted by molar-refractivity contribution is 9.10. The Balaban J connectivity index is 3.02. The summed E-state index contributed by atoms with van der Waals surface area (Å²) in [5, 5.41) is 8.93. The van der Waals surface area contributed by atoms with Gasteiger partial charge >= 0.3 is 0 Å². The molecule has 1 aromatic heterocycles. The van der Waals surface area contributed by atoms with Crippen LogP contribution in [0.3, 0.4) is 0 Å². The van der Waals surface area contributed by atoms with E-state index in [-0.39, 0.29) is 33.9 Å². The summed E-state index contributed by atoms with van der Waals surface area (Å²) in [4.78, 5) is 0.0191. The summed E-state index contributed by atoms with van der Waals surface area (Å²) in [5.41, 5.74) is 0. The average Bonchev–Trinajstić information content (AvgIpc) is 2.68. The number of aliphatic hydroxyl groups is 1. The molecule has 0 radical (unpaired) electrons. The normalized spacial score (nSPS) is 14.1. The van der Waals surface area contributed by atoms with E-state index in [1.807, 2.05) is 20.8 Å². The van der Waals surface area contributed by atoms with Gasteiger partial charge in [0.2, 0.25) is 10.0 Å². The lowest BCUT2D eigenvalue weighted by Gasteiger charge is -2.20. The molecule has 1 unspecified atom stereocenters. The van der Waals surface area contributed by atoms with Crippen LogP contribution in [0.5, 0.6) is 0 Å². The van der Waals surface area contributed by atoms with Crippen LogP contribution < -0.4 is 4.72 Å². The van der Waals surface area contributed by atoms with Crippen molar-refractivity contribution in [2.24, 2.45) is 5.92 Å². The van der Waals surface area contributed by atoms with Gasteiger partial charge in [-0.3, -0.25) is 0 Å². The summed E-state index contributed by atoms with van der Waals surface area (Å²) in [6.45, 7) is 5.51. The van der Waals surface area contributed by atoms with E-state index >= 15 is 0 Å². The van der Waals surface area contributed by atoms with Crippen LogP contribution in [-0.2, 0) is 16.6 Å². The molecule has 7 heteroatoms. The van der Waals surface area contributed by atoms with Crippen LogP contribution in [-0.4, -0.2) is 19.6 Å². The smallest absolute Gasteiger partial charge is 0.245 e. The maximum atomic E-state index is 12.2. The molecule has 0 aliphatic carbocycles. The summed E-state index contributed by atoms with van der Waals surface area (Å²) in [5.74, 6) is 0.410. The number of rotatable bonds is 6. The van der Waals surface area contributed by atoms with Gasteiger partial charge < -0.3 is 9.52 Å². The van der Waals surface area contributed by atoms with E-state index in [1.165, 1.54) is 6.07 Å². The first-order valence-corrected chi connectivity index (χ1v) is 8.00. The van der Waals surface area contributed by atoms with Crippen molar-refractivity contribution >= 4 is 26.0 Å². The van der Waals surface area contributed by atoms with E-state index in [0.29, 0.717) is 6.42 Å². The van der Waals surface area contributed by atoms with Gasteiger partial charge in [0.05, 0.1) is 0 Å². The van der Waals surface area contributed by atoms with Gasteiger partial charge in [-0.25, -0.2) is 13.1 Å². The first-order chi connectivity index (χ1) is 8.31. The van der Waals surface area contributed by atoms with Gasteiger partial charge in [0.25, 0.3) is 0 Å². The highest BCUT2D eigenvalue weighted by Gasteiger charge is 2.26. The van der Waals surface area contributed by atoms with Crippen LogP contribution in [0.1, 0.15) is 33.0 Å². The molecular formula is C11H18BrNO4S. The molecule has 1 rings (SSSR count). The third-order valence-electron chi connectivity index (χ3n) is 2.70. The van der Waals surface area contributed by atoms with Crippen LogP contribution in [0.4, 0.5) is 0 Å². The van der Waals surface area contributed by atoms with E-state index < -0.39 is 10.0 Å². The fourth-order valence-electron chi connectivity index (χ4n) is 1.61. The molecule has 0 aliphatic rings. The third-order valence-corrected chi connectivity index (χ3v) is 5.05. The molecule has 0 saturated heterocycles. The third kappa shape index (κ3) is 3.57. The number of sulfonamides is 1. The van der Waals surface area contributed by atoms with Crippen molar-refractivity contribution in [3.63, 3.8) is 0 Å². The second-order valence-corrected chi connectivity index (χ2v) is 6.79. The summed E-state index contributed by atoms with van der Waals surface area (Å²) >= 11 is 3.05. The predicted molar refractivity (Wildman–Crippen MR) is 71.6 cm³/mol. The zero-order valence-corrected chi connectivity index (χ0v) is 13.0. The molecule has 104 valence electrons. The standard InChI is InChI=1S/C11H18BrNO4S/c1-4-9(7(2)3)13-18(15,16)10-5-8(6-14)17-11(10)12/h5,7,9,13-14H,4,6H2,1-3H3. The summed E-state index contributed by atoms with van der Waals surface area (Å²) in [6.07, 6.45) is 0.708. The van der Waals surface area contributed by atoms with E-state index in [2.05, 4.69) is 20.7 Å². The maximum absolute atomic E-state index is 12.2. The van der Waals surface area contributed by atoms with Crippen LogP contribution >= 0.6 is 15.9 Å². The Bertz CT molecular complexity index is 495. The lowest BCUT2D eigenvalue weighted by Crippen LogP contribution is -2.37. The number of halogens is 1. The second-order valence-electron chi connectivity index (χ2n) is 4.39. The van der Waals surface area contributed by atoms with Crippen molar-refractivity contribution in [2.45, 2.75) is 44.7 Å². The van der Waals surface area contributed by atoms with Crippen LogP contribution in [0.15, 0.2) is 20.0 Å². The summed E-state index contributed by atoms with van der Waals surface area (Å²) in [6, 6.07) is 1.19. The molecule has 0 aliphatic heterocycles. The summed E-state index contributed by atoms with van der Waals surface area (Å²) < 4.78 is 32.2. The topological polar surface area (TPSA) is 79.5 Å². The number of hydrogen-bond acceptors (Lipinski definition) is 4. The van der Waals surface area contributed by atoms with E-state index in [9.17, 15) is 8.42 Å². The lowest BCUT2D eigenvalue weighted by atomic mass is 10.0. The molecular weight excluding hydrogens is 322 g/mol. The van der Waals surface area contributed by atoms with Gasteiger partial charge in [-0.05, 0) is 28.3 Å². The fourth-order valence-corrected chi connectivity index (χ4v) is 4.08. The van der Waals surface area contributed by atoms with Gasteiger partial charge in [-0.1, -0.05) is 20.8 Å². The zero-order valence-electron chi connectivity index (χ0n) is 10.6. The van der Waals surface area contributed by atoms with Crippen LogP contribution in [0.2, 0.25) is 0 Å². The second kappa shape index (κ2) is 6.18. The quantitative estimate of drug-likeness (QED) is 0.832. The molecule has 5 nitrogen and oxygen atoms in total. The monoisotopic (exact) mass is 339 g/mol. The molecule has 1 atom stereocenters. The highest BCUT2D eigenvalue weighted by atomic mass is 79.9. The van der Waals surface area contributed by atoms with Crippen molar-refractivity contribution in [1.82, 2.24) is 4.72 Å². The zero-order chi connectivity index (χ0) is 13.9. The van der Waals surface area contributed by atoms with Crippen molar-refractivity contribution < 1.29 is 17.9 Å². The molecule has 2 N–H and O–H groups in total. The van der Waals surface area contributed by atoms with Crippen molar-refractivity contribution in [3.05, 3.63) is 16.5 Å². The first kappa shape index (κ1) is 15.7. The van der Waals surface area contributed by atoms with E-state index in [4.69, 9.17) is 9.52 Å². The summed E-state index contributed by atoms with van der Waals surface area (Å²) in [7, 11) is -3.64. The molecule has 0 saturated carbocycles. The molecule has 0 aromatic carbocycles. The van der Waals surface area contributed by atoms with Gasteiger partial charge in [0, 0.05) is 12.1 Å². The Morgan fingerprint density at radius 2 is 2.11 bits per heavy atom.